The van der Waals surface area contributed by atoms with E-state index in [0.717, 1.165) is 25.7 Å². The zero-order chi connectivity index (χ0) is 13.0. The molecule has 0 aliphatic heterocycles. The monoisotopic (exact) mass is 245 g/mol. The van der Waals surface area contributed by atoms with Crippen LogP contribution in [-0.4, -0.2) is 28.9 Å². The summed E-state index contributed by atoms with van der Waals surface area (Å²) < 4.78 is 0. The highest BCUT2D eigenvalue weighted by Crippen LogP contribution is 2.29. The van der Waals surface area contributed by atoms with Gasteiger partial charge in [-0.3, -0.25) is 4.79 Å². The number of carbonyl (C=O) groups is 1. The molecule has 1 N–H and O–H groups in total. The van der Waals surface area contributed by atoms with Gasteiger partial charge < -0.3 is 9.88 Å². The van der Waals surface area contributed by atoms with Crippen molar-refractivity contribution in [1.29, 1.82) is 5.26 Å². The maximum absolute atomic E-state index is 12.2. The van der Waals surface area contributed by atoms with Gasteiger partial charge in [0.1, 0.15) is 5.69 Å². The van der Waals surface area contributed by atoms with Crippen LogP contribution in [0.3, 0.4) is 0 Å². The maximum Gasteiger partial charge on any atom is 0.270 e. The van der Waals surface area contributed by atoms with Gasteiger partial charge in [-0.25, -0.2) is 0 Å². The highest BCUT2D eigenvalue weighted by Gasteiger charge is 2.27. The standard InChI is InChI=1S/C14H19N3O/c1-17(14(18)13-3-2-10-16-13)12-6-4-11(5-7-12)8-9-15/h2-3,10-12,16H,4-8H2,1H3. The molecular formula is C14H19N3O. The summed E-state index contributed by atoms with van der Waals surface area (Å²) in [6.07, 6.45) is 6.55. The highest BCUT2D eigenvalue weighted by atomic mass is 16.2. The first kappa shape index (κ1) is 12.7. The summed E-state index contributed by atoms with van der Waals surface area (Å²) >= 11 is 0. The van der Waals surface area contributed by atoms with Crippen LogP contribution < -0.4 is 0 Å². The lowest BCUT2D eigenvalue weighted by atomic mass is 9.84. The summed E-state index contributed by atoms with van der Waals surface area (Å²) in [4.78, 5) is 16.9. The largest absolute Gasteiger partial charge is 0.357 e. The number of H-pyrrole nitrogens is 1. The predicted molar refractivity (Wildman–Crippen MR) is 68.9 cm³/mol. The second-order valence-corrected chi connectivity index (χ2v) is 5.04. The minimum Gasteiger partial charge on any atom is -0.357 e. The summed E-state index contributed by atoms with van der Waals surface area (Å²) in [5.74, 6) is 0.587. The molecule has 2 rings (SSSR count). The van der Waals surface area contributed by atoms with Gasteiger partial charge in [-0.1, -0.05) is 0 Å². The van der Waals surface area contributed by atoms with E-state index in [1.807, 2.05) is 18.0 Å². The van der Waals surface area contributed by atoms with Gasteiger partial charge in [-0.2, -0.15) is 5.26 Å². The molecule has 1 aliphatic carbocycles. The topological polar surface area (TPSA) is 59.9 Å². The van der Waals surface area contributed by atoms with Gasteiger partial charge in [0.15, 0.2) is 0 Å². The Balaban J connectivity index is 1.90. The SMILES string of the molecule is CN(C(=O)c1ccc[nH]1)C1CCC(CC#N)CC1. The molecule has 0 spiro atoms. The summed E-state index contributed by atoms with van der Waals surface area (Å²) in [5.41, 5.74) is 0.650. The van der Waals surface area contributed by atoms with Crippen molar-refractivity contribution < 1.29 is 4.79 Å². The number of aromatic nitrogens is 1. The lowest BCUT2D eigenvalue weighted by molar-refractivity contribution is 0.0671. The van der Waals surface area contributed by atoms with Gasteiger partial charge in [0.05, 0.1) is 6.07 Å². The van der Waals surface area contributed by atoms with Gasteiger partial charge >= 0.3 is 0 Å². The minimum absolute atomic E-state index is 0.0590. The molecule has 0 bridgehead atoms. The summed E-state index contributed by atoms with van der Waals surface area (Å²) in [7, 11) is 1.87. The Morgan fingerprint density at radius 1 is 1.50 bits per heavy atom. The van der Waals surface area contributed by atoms with Crippen LogP contribution in [0.15, 0.2) is 18.3 Å². The average Bonchev–Trinajstić information content (AvgIpc) is 2.92. The third-order valence-electron chi connectivity index (χ3n) is 3.89. The van der Waals surface area contributed by atoms with Crippen LogP contribution >= 0.6 is 0 Å². The molecule has 18 heavy (non-hydrogen) atoms. The molecule has 1 aromatic rings. The molecule has 4 nitrogen and oxygen atoms in total. The molecular weight excluding hydrogens is 226 g/mol. The van der Waals surface area contributed by atoms with Crippen LogP contribution in [0.1, 0.15) is 42.6 Å². The summed E-state index contributed by atoms with van der Waals surface area (Å²) in [6, 6.07) is 6.20. The van der Waals surface area contributed by atoms with Crippen LogP contribution in [0.4, 0.5) is 0 Å². The van der Waals surface area contributed by atoms with Gasteiger partial charge in [-0.15, -0.1) is 0 Å². The fourth-order valence-corrected chi connectivity index (χ4v) is 2.68. The van der Waals surface area contributed by atoms with E-state index in [1.165, 1.54) is 0 Å². The first-order valence-corrected chi connectivity index (χ1v) is 6.50. The van der Waals surface area contributed by atoms with E-state index in [-0.39, 0.29) is 5.91 Å². The van der Waals surface area contributed by atoms with E-state index in [4.69, 9.17) is 5.26 Å². The predicted octanol–water partition coefficient (Wildman–Crippen LogP) is 2.56. The molecule has 0 aromatic carbocycles. The number of nitrogens with one attached hydrogen (secondary N) is 1. The van der Waals surface area contributed by atoms with E-state index in [0.29, 0.717) is 24.1 Å². The van der Waals surface area contributed by atoms with Crippen LogP contribution in [0.25, 0.3) is 0 Å². The van der Waals surface area contributed by atoms with E-state index in [2.05, 4.69) is 11.1 Å². The third-order valence-corrected chi connectivity index (χ3v) is 3.89. The van der Waals surface area contributed by atoms with Crippen LogP contribution in [0.5, 0.6) is 0 Å². The number of carbonyl (C=O) groups excluding carboxylic acids is 1. The van der Waals surface area contributed by atoms with Crippen molar-refractivity contribution in [2.45, 2.75) is 38.1 Å². The first-order valence-electron chi connectivity index (χ1n) is 6.50. The Kier molecular flexibility index (Phi) is 4.03. The minimum atomic E-state index is 0.0590. The molecule has 1 heterocycles. The van der Waals surface area contributed by atoms with Crippen molar-refractivity contribution in [3.8, 4) is 6.07 Å². The fourth-order valence-electron chi connectivity index (χ4n) is 2.68. The number of hydrogen-bond acceptors (Lipinski definition) is 2. The Morgan fingerprint density at radius 2 is 2.22 bits per heavy atom. The second kappa shape index (κ2) is 5.72. The number of hydrogen-bond donors (Lipinski definition) is 1. The van der Waals surface area contributed by atoms with Crippen molar-refractivity contribution in [3.63, 3.8) is 0 Å². The molecule has 1 aliphatic rings. The van der Waals surface area contributed by atoms with Crippen LogP contribution in [0.2, 0.25) is 0 Å². The fraction of sp³-hybridized carbons (Fsp3) is 0.571. The maximum atomic E-state index is 12.2. The Hall–Kier alpha value is -1.76. The molecule has 0 unspecified atom stereocenters. The molecule has 0 saturated heterocycles. The molecule has 0 atom stereocenters. The van der Waals surface area contributed by atoms with Crippen molar-refractivity contribution in [2.24, 2.45) is 5.92 Å². The first-order chi connectivity index (χ1) is 8.72. The highest BCUT2D eigenvalue weighted by molar-refractivity contribution is 5.92. The molecule has 1 saturated carbocycles. The number of rotatable bonds is 3. The van der Waals surface area contributed by atoms with E-state index < -0.39 is 0 Å². The zero-order valence-electron chi connectivity index (χ0n) is 10.7. The molecule has 96 valence electrons. The Bertz CT molecular complexity index is 424. The average molecular weight is 245 g/mol. The van der Waals surface area contributed by atoms with Gasteiger partial charge in [0, 0.05) is 25.7 Å². The van der Waals surface area contributed by atoms with Crippen molar-refractivity contribution in [2.75, 3.05) is 7.05 Å². The quantitative estimate of drug-likeness (QED) is 0.889. The van der Waals surface area contributed by atoms with Crippen molar-refractivity contribution in [1.82, 2.24) is 9.88 Å². The lowest BCUT2D eigenvalue weighted by Crippen LogP contribution is -2.39. The van der Waals surface area contributed by atoms with Crippen LogP contribution in [0, 0.1) is 17.2 Å². The molecule has 1 fully saturated rings. The number of aromatic amines is 1. The van der Waals surface area contributed by atoms with Crippen molar-refractivity contribution >= 4 is 5.91 Å². The third kappa shape index (κ3) is 2.73. The van der Waals surface area contributed by atoms with E-state index in [9.17, 15) is 4.79 Å². The second-order valence-electron chi connectivity index (χ2n) is 5.04. The zero-order valence-corrected chi connectivity index (χ0v) is 10.7. The van der Waals surface area contributed by atoms with Crippen molar-refractivity contribution in [3.05, 3.63) is 24.0 Å². The Morgan fingerprint density at radius 3 is 2.78 bits per heavy atom. The van der Waals surface area contributed by atoms with E-state index >= 15 is 0 Å². The van der Waals surface area contributed by atoms with Crippen LogP contribution in [-0.2, 0) is 0 Å². The van der Waals surface area contributed by atoms with Gasteiger partial charge in [0.25, 0.3) is 5.91 Å². The Labute approximate surface area is 108 Å². The summed E-state index contributed by atoms with van der Waals surface area (Å²) in [5, 5.41) is 8.69. The molecule has 1 aromatic heterocycles. The summed E-state index contributed by atoms with van der Waals surface area (Å²) in [6.45, 7) is 0. The molecule has 4 heteroatoms. The van der Waals surface area contributed by atoms with Gasteiger partial charge in [-0.05, 0) is 43.7 Å². The number of amides is 1. The van der Waals surface area contributed by atoms with Gasteiger partial charge in [0.2, 0.25) is 0 Å². The number of nitrogens with zero attached hydrogens (tertiary/aromatic N) is 2. The smallest absolute Gasteiger partial charge is 0.270 e. The molecule has 0 radical (unpaired) electrons. The number of nitriles is 1. The normalized spacial score (nSPS) is 23.3. The molecule has 1 amide bonds. The van der Waals surface area contributed by atoms with E-state index in [1.54, 1.807) is 12.3 Å². The lowest BCUT2D eigenvalue weighted by Gasteiger charge is -2.33.